The van der Waals surface area contributed by atoms with Gasteiger partial charge in [0, 0.05) is 13.1 Å². The summed E-state index contributed by atoms with van der Waals surface area (Å²) in [4.78, 5) is 6.60. The molecule has 4 heteroatoms. The highest BCUT2D eigenvalue weighted by molar-refractivity contribution is 5.41. The molecule has 0 atom stereocenters. The summed E-state index contributed by atoms with van der Waals surface area (Å²) in [5.74, 6) is 1.77. The Bertz CT molecular complexity index is 343. The van der Waals surface area contributed by atoms with Gasteiger partial charge >= 0.3 is 0 Å². The summed E-state index contributed by atoms with van der Waals surface area (Å²) in [5, 5.41) is 9.45. The van der Waals surface area contributed by atoms with Crippen LogP contribution in [0.1, 0.15) is 26.7 Å². The van der Waals surface area contributed by atoms with Crippen LogP contribution in [0.25, 0.3) is 0 Å². The molecule has 0 saturated carbocycles. The van der Waals surface area contributed by atoms with Crippen LogP contribution in [0.4, 0.5) is 5.82 Å². The number of pyridine rings is 1. The van der Waals surface area contributed by atoms with Gasteiger partial charge in [-0.1, -0.05) is 0 Å². The van der Waals surface area contributed by atoms with Crippen LogP contribution in [0.5, 0.6) is 5.75 Å². The molecule has 0 radical (unpaired) electrons. The van der Waals surface area contributed by atoms with E-state index in [9.17, 15) is 5.11 Å². The molecule has 1 aliphatic heterocycles. The number of anilines is 1. The van der Waals surface area contributed by atoms with E-state index in [0.29, 0.717) is 0 Å². The summed E-state index contributed by atoms with van der Waals surface area (Å²) in [6.07, 6.45) is 3.45. The quantitative estimate of drug-likeness (QED) is 0.869. The molecular formula is C13H20N2O2. The van der Waals surface area contributed by atoms with Crippen LogP contribution in [0.15, 0.2) is 18.3 Å². The number of nitrogens with zero attached hydrogens (tertiary/aromatic N) is 2. The number of hydrogen-bond acceptors (Lipinski definition) is 4. The van der Waals surface area contributed by atoms with Gasteiger partial charge in [-0.2, -0.15) is 0 Å². The highest BCUT2D eigenvalue weighted by Crippen LogP contribution is 2.20. The molecule has 1 fully saturated rings. The van der Waals surface area contributed by atoms with E-state index in [1.807, 2.05) is 26.0 Å². The summed E-state index contributed by atoms with van der Waals surface area (Å²) in [5.41, 5.74) is 0. The van der Waals surface area contributed by atoms with E-state index >= 15 is 0 Å². The van der Waals surface area contributed by atoms with Crippen molar-refractivity contribution >= 4 is 5.82 Å². The third-order valence-corrected chi connectivity index (χ3v) is 2.88. The standard InChI is InChI=1S/C13H20N2O2/c1-10(2)17-12-3-4-13(14-9-12)15-7-5-11(16)6-8-15/h3-4,9-11,16H,5-8H2,1-2H3. The Morgan fingerprint density at radius 1 is 1.35 bits per heavy atom. The van der Waals surface area contributed by atoms with Crippen molar-refractivity contribution in [2.45, 2.75) is 38.9 Å². The minimum Gasteiger partial charge on any atom is -0.489 e. The van der Waals surface area contributed by atoms with Gasteiger partial charge in [0.1, 0.15) is 11.6 Å². The van der Waals surface area contributed by atoms with E-state index in [4.69, 9.17) is 4.74 Å². The average molecular weight is 236 g/mol. The maximum Gasteiger partial charge on any atom is 0.138 e. The molecular weight excluding hydrogens is 216 g/mol. The average Bonchev–Trinajstić information content (AvgIpc) is 2.30. The van der Waals surface area contributed by atoms with Crippen molar-refractivity contribution < 1.29 is 9.84 Å². The van der Waals surface area contributed by atoms with Gasteiger partial charge in [0.05, 0.1) is 18.4 Å². The number of hydrogen-bond donors (Lipinski definition) is 1. The molecule has 4 nitrogen and oxygen atoms in total. The smallest absolute Gasteiger partial charge is 0.138 e. The zero-order valence-electron chi connectivity index (χ0n) is 10.5. The second-order valence-electron chi connectivity index (χ2n) is 4.74. The Hall–Kier alpha value is -1.29. The molecule has 1 aliphatic rings. The minimum absolute atomic E-state index is 0.144. The van der Waals surface area contributed by atoms with Crippen molar-refractivity contribution in [3.05, 3.63) is 18.3 Å². The van der Waals surface area contributed by atoms with Gasteiger partial charge in [0.15, 0.2) is 0 Å². The molecule has 0 spiro atoms. The summed E-state index contributed by atoms with van der Waals surface area (Å²) in [6, 6.07) is 3.93. The van der Waals surface area contributed by atoms with Crippen LogP contribution in [0, 0.1) is 0 Å². The van der Waals surface area contributed by atoms with Crippen molar-refractivity contribution in [1.82, 2.24) is 4.98 Å². The van der Waals surface area contributed by atoms with E-state index in [2.05, 4.69) is 9.88 Å². The number of aromatic nitrogens is 1. The Balaban J connectivity index is 1.97. The number of ether oxygens (including phenoxy) is 1. The molecule has 0 amide bonds. The van der Waals surface area contributed by atoms with Gasteiger partial charge in [-0.15, -0.1) is 0 Å². The van der Waals surface area contributed by atoms with Crippen LogP contribution < -0.4 is 9.64 Å². The van der Waals surface area contributed by atoms with Gasteiger partial charge in [0.25, 0.3) is 0 Å². The number of aliphatic hydroxyl groups is 1. The van der Waals surface area contributed by atoms with E-state index in [0.717, 1.165) is 37.5 Å². The monoisotopic (exact) mass is 236 g/mol. The van der Waals surface area contributed by atoms with Crippen LogP contribution >= 0.6 is 0 Å². The SMILES string of the molecule is CC(C)Oc1ccc(N2CCC(O)CC2)nc1. The molecule has 1 aromatic heterocycles. The third-order valence-electron chi connectivity index (χ3n) is 2.88. The Morgan fingerprint density at radius 3 is 2.59 bits per heavy atom. The molecule has 1 aromatic rings. The fourth-order valence-corrected chi connectivity index (χ4v) is 2.00. The van der Waals surface area contributed by atoms with E-state index in [-0.39, 0.29) is 12.2 Å². The Kier molecular flexibility index (Phi) is 3.84. The molecule has 0 unspecified atom stereocenters. The second kappa shape index (κ2) is 5.36. The molecule has 0 aromatic carbocycles. The molecule has 0 aliphatic carbocycles. The molecule has 0 bridgehead atoms. The maximum absolute atomic E-state index is 9.45. The van der Waals surface area contributed by atoms with E-state index < -0.39 is 0 Å². The molecule has 1 N–H and O–H groups in total. The lowest BCUT2D eigenvalue weighted by Crippen LogP contribution is -2.36. The summed E-state index contributed by atoms with van der Waals surface area (Å²) >= 11 is 0. The fraction of sp³-hybridized carbons (Fsp3) is 0.615. The highest BCUT2D eigenvalue weighted by Gasteiger charge is 2.17. The first-order valence-corrected chi connectivity index (χ1v) is 6.21. The predicted octanol–water partition coefficient (Wildman–Crippen LogP) is 1.83. The first-order chi connectivity index (χ1) is 8.15. The summed E-state index contributed by atoms with van der Waals surface area (Å²) < 4.78 is 5.55. The molecule has 17 heavy (non-hydrogen) atoms. The van der Waals surface area contributed by atoms with Crippen LogP contribution in [-0.4, -0.2) is 35.4 Å². The zero-order valence-corrected chi connectivity index (χ0v) is 10.5. The first-order valence-electron chi connectivity index (χ1n) is 6.21. The zero-order chi connectivity index (χ0) is 12.3. The fourth-order valence-electron chi connectivity index (χ4n) is 2.00. The normalized spacial score (nSPS) is 17.5. The molecule has 1 saturated heterocycles. The van der Waals surface area contributed by atoms with Crippen molar-refractivity contribution in [2.24, 2.45) is 0 Å². The lowest BCUT2D eigenvalue weighted by Gasteiger charge is -2.30. The number of rotatable bonds is 3. The largest absolute Gasteiger partial charge is 0.489 e. The van der Waals surface area contributed by atoms with E-state index in [1.165, 1.54) is 0 Å². The third kappa shape index (κ3) is 3.33. The van der Waals surface area contributed by atoms with Crippen molar-refractivity contribution in [2.75, 3.05) is 18.0 Å². The Morgan fingerprint density at radius 2 is 2.06 bits per heavy atom. The highest BCUT2D eigenvalue weighted by atomic mass is 16.5. The van der Waals surface area contributed by atoms with Gasteiger partial charge in [-0.05, 0) is 38.8 Å². The molecule has 2 rings (SSSR count). The summed E-state index contributed by atoms with van der Waals surface area (Å²) in [7, 11) is 0. The predicted molar refractivity (Wildman–Crippen MR) is 67.5 cm³/mol. The Labute approximate surface area is 102 Å². The lowest BCUT2D eigenvalue weighted by atomic mass is 10.1. The number of aliphatic hydroxyl groups excluding tert-OH is 1. The van der Waals surface area contributed by atoms with Gasteiger partial charge in [-0.3, -0.25) is 0 Å². The maximum atomic E-state index is 9.45. The minimum atomic E-state index is -0.144. The van der Waals surface area contributed by atoms with Gasteiger partial charge in [0.2, 0.25) is 0 Å². The van der Waals surface area contributed by atoms with Gasteiger partial charge < -0.3 is 14.7 Å². The van der Waals surface area contributed by atoms with Crippen LogP contribution in [0.2, 0.25) is 0 Å². The lowest BCUT2D eigenvalue weighted by molar-refractivity contribution is 0.145. The van der Waals surface area contributed by atoms with Crippen molar-refractivity contribution in [1.29, 1.82) is 0 Å². The van der Waals surface area contributed by atoms with Gasteiger partial charge in [-0.25, -0.2) is 4.98 Å². The second-order valence-corrected chi connectivity index (χ2v) is 4.74. The van der Waals surface area contributed by atoms with Crippen LogP contribution in [-0.2, 0) is 0 Å². The van der Waals surface area contributed by atoms with Crippen molar-refractivity contribution in [3.63, 3.8) is 0 Å². The first kappa shape index (κ1) is 12.2. The topological polar surface area (TPSA) is 45.6 Å². The molecule has 94 valence electrons. The van der Waals surface area contributed by atoms with Crippen LogP contribution in [0.3, 0.4) is 0 Å². The molecule has 2 heterocycles. The summed E-state index contributed by atoms with van der Waals surface area (Å²) in [6.45, 7) is 5.75. The van der Waals surface area contributed by atoms with Crippen molar-refractivity contribution in [3.8, 4) is 5.75 Å². The van der Waals surface area contributed by atoms with E-state index in [1.54, 1.807) is 6.20 Å². The number of piperidine rings is 1.